The molecule has 1 fully saturated rings. The van der Waals surface area contributed by atoms with Gasteiger partial charge in [-0.3, -0.25) is 9.59 Å². The average molecular weight is 933 g/mol. The Morgan fingerprint density at radius 2 is 1.22 bits per heavy atom. The first-order chi connectivity index (χ1) is 31.9. The van der Waals surface area contributed by atoms with Gasteiger partial charge in [-0.25, -0.2) is 23.6 Å². The van der Waals surface area contributed by atoms with E-state index in [2.05, 4.69) is 42.7 Å². The highest BCUT2D eigenvalue weighted by atomic mass is 19.1. The first-order valence-corrected chi connectivity index (χ1v) is 22.9. The highest BCUT2D eigenvalue weighted by Gasteiger charge is 2.38. The lowest BCUT2D eigenvalue weighted by Gasteiger charge is -2.32. The van der Waals surface area contributed by atoms with Crippen molar-refractivity contribution in [2.45, 2.75) is 117 Å². The summed E-state index contributed by atoms with van der Waals surface area (Å²) in [7, 11) is 2.27. The lowest BCUT2D eigenvalue weighted by Crippen LogP contribution is -2.44. The Hall–Kier alpha value is -6.05. The van der Waals surface area contributed by atoms with Crippen LogP contribution in [0.15, 0.2) is 78.9 Å². The minimum Gasteiger partial charge on any atom is -0.492 e. The van der Waals surface area contributed by atoms with Crippen LogP contribution in [0.25, 0.3) is 11.1 Å². The molecule has 0 N–H and O–H groups in total. The minimum atomic E-state index is -1.62. The van der Waals surface area contributed by atoms with Crippen LogP contribution < -0.4 is 4.74 Å². The lowest BCUT2D eigenvalue weighted by molar-refractivity contribution is -0.163. The third-order valence-electron chi connectivity index (χ3n) is 11.8. The van der Waals surface area contributed by atoms with Gasteiger partial charge in [0.15, 0.2) is 0 Å². The first kappa shape index (κ1) is 55.3. The Kier molecular flexibility index (Phi) is 22.7. The Morgan fingerprint density at radius 3 is 1.75 bits per heavy atom. The van der Waals surface area contributed by atoms with Crippen LogP contribution in [0.2, 0.25) is 0 Å². The molecule has 1 aliphatic carbocycles. The zero-order valence-corrected chi connectivity index (χ0v) is 40.3. The number of esters is 6. The van der Waals surface area contributed by atoms with Crippen LogP contribution in [-0.2, 0) is 70.0 Å². The number of carbonyl (C=O) groups excluding carboxylic acids is 6. The molecular weight excluding hydrogens is 864 g/mol. The molecule has 366 valence electrons. The molecule has 0 radical (unpaired) electrons. The van der Waals surface area contributed by atoms with E-state index in [1.54, 1.807) is 19.1 Å². The van der Waals surface area contributed by atoms with Crippen molar-refractivity contribution in [2.24, 2.45) is 11.3 Å². The van der Waals surface area contributed by atoms with Gasteiger partial charge in [0.2, 0.25) is 0 Å². The number of hydrogen-bond donors (Lipinski definition) is 0. The number of rotatable bonds is 28. The van der Waals surface area contributed by atoms with Gasteiger partial charge in [0.05, 0.1) is 33.7 Å². The van der Waals surface area contributed by atoms with E-state index in [9.17, 15) is 28.8 Å². The Bertz CT molecular complexity index is 2080. The molecule has 2 aromatic rings. The maximum Gasteiger partial charge on any atom is 0.333 e. The fourth-order valence-electron chi connectivity index (χ4n) is 7.73. The second-order valence-electron chi connectivity index (χ2n) is 17.5. The van der Waals surface area contributed by atoms with Gasteiger partial charge in [0, 0.05) is 27.9 Å². The molecule has 0 bridgehead atoms. The topological polar surface area (TPSA) is 167 Å². The van der Waals surface area contributed by atoms with Crippen molar-refractivity contribution in [3.05, 3.63) is 101 Å². The maximum absolute atomic E-state index is 16.4. The molecule has 3 rings (SSSR count). The summed E-state index contributed by atoms with van der Waals surface area (Å²) >= 11 is 0. The lowest BCUT2D eigenvalue weighted by atomic mass is 9.76. The van der Waals surface area contributed by atoms with Crippen molar-refractivity contribution in [1.82, 2.24) is 0 Å². The van der Waals surface area contributed by atoms with Crippen molar-refractivity contribution in [3.63, 3.8) is 0 Å². The van der Waals surface area contributed by atoms with Crippen LogP contribution in [0.4, 0.5) is 4.39 Å². The molecule has 1 saturated carbocycles. The smallest absolute Gasteiger partial charge is 0.333 e. The number of benzene rings is 2. The monoisotopic (exact) mass is 932 g/mol. The van der Waals surface area contributed by atoms with Crippen LogP contribution in [0.1, 0.15) is 121 Å². The number of hydrogen-bond acceptors (Lipinski definition) is 13. The fourth-order valence-corrected chi connectivity index (χ4v) is 7.73. The van der Waals surface area contributed by atoms with Gasteiger partial charge in [-0.15, -0.1) is 0 Å². The number of carbonyl (C=O) groups is 6. The van der Waals surface area contributed by atoms with Crippen LogP contribution >= 0.6 is 0 Å². The van der Waals surface area contributed by atoms with Crippen LogP contribution in [0.3, 0.4) is 0 Å². The fraction of sp³-hybridized carbons (Fsp3) is 0.509. The highest BCUT2D eigenvalue weighted by Crippen LogP contribution is 2.40. The zero-order chi connectivity index (χ0) is 49.7. The summed E-state index contributed by atoms with van der Waals surface area (Å²) in [5.41, 5.74) is 1.70. The van der Waals surface area contributed by atoms with Gasteiger partial charge < -0.3 is 33.2 Å². The van der Waals surface area contributed by atoms with Gasteiger partial charge in [0.1, 0.15) is 43.4 Å². The van der Waals surface area contributed by atoms with E-state index in [0.717, 1.165) is 56.9 Å². The minimum absolute atomic E-state index is 0.0420. The van der Waals surface area contributed by atoms with Gasteiger partial charge in [-0.1, -0.05) is 78.0 Å². The van der Waals surface area contributed by atoms with Crippen molar-refractivity contribution in [2.75, 3.05) is 47.3 Å². The summed E-state index contributed by atoms with van der Waals surface area (Å²) in [6, 6.07) is 9.13. The normalized spacial score (nSPS) is 14.5. The van der Waals surface area contributed by atoms with E-state index in [0.29, 0.717) is 41.7 Å². The summed E-state index contributed by atoms with van der Waals surface area (Å²) in [5.74, 6) is -3.82. The number of aryl methyl sites for hydroxylation is 2. The van der Waals surface area contributed by atoms with Gasteiger partial charge in [-0.05, 0) is 111 Å². The summed E-state index contributed by atoms with van der Waals surface area (Å²) in [5, 5.41) is 0. The molecule has 0 heterocycles. The molecule has 67 heavy (non-hydrogen) atoms. The molecular formula is C53H69FO13. The molecule has 1 aliphatic rings. The number of unbranched alkanes of at least 4 members (excludes halogenated alkanes) is 2. The molecule has 0 amide bonds. The standard InChI is InChI=1S/C53H69FO13/c1-11-13-14-16-38-18-20-40(21-19-38)41-22-23-43(45(54)28-41)44-27-42(17-15-24-63-49(57)34(3)4)46(29-39(44)12-2)64-30-53(33-67-50(58)35(5)6,31-65-47(55)25-36(7)51(59)61-9)32-66-48(56)26-37(8)52(60)62-10/h22-23,27-29,38,40H,3,5,7-8,11-21,24-26,30-33H2,1-2,4,6,9-10H3. The molecule has 0 unspecified atom stereocenters. The van der Waals surface area contributed by atoms with E-state index in [4.69, 9.17) is 23.7 Å². The second-order valence-corrected chi connectivity index (χ2v) is 17.5. The molecule has 0 aromatic heterocycles. The van der Waals surface area contributed by atoms with E-state index >= 15 is 4.39 Å². The van der Waals surface area contributed by atoms with Crippen molar-refractivity contribution >= 4 is 35.8 Å². The zero-order valence-electron chi connectivity index (χ0n) is 40.3. The van der Waals surface area contributed by atoms with E-state index in [-0.39, 0.29) is 40.6 Å². The van der Waals surface area contributed by atoms with Crippen LogP contribution in [-0.4, -0.2) is 83.1 Å². The van der Waals surface area contributed by atoms with Crippen LogP contribution in [0, 0.1) is 17.2 Å². The average Bonchev–Trinajstić information content (AvgIpc) is 3.31. The van der Waals surface area contributed by atoms with Crippen molar-refractivity contribution < 1.29 is 66.3 Å². The molecule has 0 aliphatic heterocycles. The van der Waals surface area contributed by atoms with Crippen LogP contribution in [0.5, 0.6) is 5.75 Å². The quantitative estimate of drug-likeness (QED) is 0.0343. The third-order valence-corrected chi connectivity index (χ3v) is 11.8. The summed E-state index contributed by atoms with van der Waals surface area (Å²) in [6.07, 6.45) is 9.30. The van der Waals surface area contributed by atoms with Gasteiger partial charge in [-0.2, -0.15) is 0 Å². The third kappa shape index (κ3) is 17.6. The summed E-state index contributed by atoms with van der Waals surface area (Å²) < 4.78 is 54.4. The number of halogens is 1. The van der Waals surface area contributed by atoms with E-state index in [1.807, 2.05) is 25.1 Å². The van der Waals surface area contributed by atoms with Crippen molar-refractivity contribution in [3.8, 4) is 16.9 Å². The van der Waals surface area contributed by atoms with E-state index in [1.165, 1.54) is 32.6 Å². The molecule has 2 aromatic carbocycles. The Morgan fingerprint density at radius 1 is 0.657 bits per heavy atom. The predicted molar refractivity (Wildman–Crippen MR) is 251 cm³/mol. The largest absolute Gasteiger partial charge is 0.492 e. The number of ether oxygens (including phenoxy) is 7. The number of methoxy groups -OCH3 is 2. The molecule has 0 atom stereocenters. The molecule has 0 spiro atoms. The van der Waals surface area contributed by atoms with Gasteiger partial charge >= 0.3 is 35.8 Å². The Balaban J connectivity index is 2.07. The maximum atomic E-state index is 16.4. The summed E-state index contributed by atoms with van der Waals surface area (Å²) in [4.78, 5) is 75.2. The molecule has 13 nitrogen and oxygen atoms in total. The SMILES string of the molecule is C=C(C)C(=O)OCCCc1cc(-c2ccc(C3CCC(CCCCC)CC3)cc2F)c(CC)cc1OCC(COC(=O)CC(=C)C(=O)OC)(COC(=O)CC(=C)C(=O)OC)COC(=O)C(=C)C. The Labute approximate surface area is 395 Å². The summed E-state index contributed by atoms with van der Waals surface area (Å²) in [6.45, 7) is 19.5. The van der Waals surface area contributed by atoms with Gasteiger partial charge in [0.25, 0.3) is 0 Å². The first-order valence-electron chi connectivity index (χ1n) is 22.9. The van der Waals surface area contributed by atoms with Crippen molar-refractivity contribution in [1.29, 1.82) is 0 Å². The second kappa shape index (κ2) is 27.6. The van der Waals surface area contributed by atoms with E-state index < -0.39 is 80.5 Å². The molecule has 14 heteroatoms. The molecule has 0 saturated heterocycles. The highest BCUT2D eigenvalue weighted by molar-refractivity contribution is 5.94. The predicted octanol–water partition coefficient (Wildman–Crippen LogP) is 9.77.